The van der Waals surface area contributed by atoms with Gasteiger partial charge in [0.25, 0.3) is 0 Å². The first-order valence-electron chi connectivity index (χ1n) is 3.29. The van der Waals surface area contributed by atoms with E-state index in [2.05, 4.69) is 0 Å². The van der Waals surface area contributed by atoms with Crippen molar-refractivity contribution in [1.82, 2.24) is 0 Å². The van der Waals surface area contributed by atoms with Gasteiger partial charge in [-0.15, -0.1) is 0 Å². The molecule has 1 aromatic carbocycles. The van der Waals surface area contributed by atoms with E-state index in [1.54, 1.807) is 0 Å². The summed E-state index contributed by atoms with van der Waals surface area (Å²) in [6.45, 7) is 0. The van der Waals surface area contributed by atoms with E-state index >= 15 is 0 Å². The summed E-state index contributed by atoms with van der Waals surface area (Å²) in [6, 6.07) is 4.18. The van der Waals surface area contributed by atoms with Crippen molar-refractivity contribution < 1.29 is 13.2 Å². The lowest BCUT2D eigenvalue weighted by Crippen LogP contribution is -1.89. The molecule has 0 unspecified atom stereocenters. The lowest BCUT2D eigenvalue weighted by molar-refractivity contribution is 0.108. The van der Waals surface area contributed by atoms with Crippen LogP contribution in [0.1, 0.15) is 10.4 Å². The molecule has 1 aliphatic heterocycles. The Labute approximate surface area is 83.4 Å². The van der Waals surface area contributed by atoms with Gasteiger partial charge < -0.3 is 0 Å². The summed E-state index contributed by atoms with van der Waals surface area (Å²) in [6.07, 6.45) is 0. The molecule has 0 atom stereocenters. The molecule has 1 heterocycles. The van der Waals surface area contributed by atoms with Gasteiger partial charge in [-0.25, -0.2) is 8.42 Å². The van der Waals surface area contributed by atoms with Gasteiger partial charge in [0.2, 0.25) is 14.0 Å². The maximum absolute atomic E-state index is 11.3. The van der Waals surface area contributed by atoms with E-state index in [0.29, 0.717) is 15.8 Å². The number of hydrogen-bond donors (Lipinski definition) is 0. The Hall–Kier alpha value is -0.520. The second kappa shape index (κ2) is 2.73. The molecule has 0 bridgehead atoms. The zero-order valence-electron chi connectivity index (χ0n) is 6.15. The molecule has 1 aliphatic rings. The molecular weight excluding hydrogens is 232 g/mol. The number of halogens is 1. The zero-order valence-corrected chi connectivity index (χ0v) is 8.54. The smallest absolute Gasteiger partial charge is 0.238 e. The highest BCUT2D eigenvalue weighted by molar-refractivity contribution is 8.78. The first-order valence-corrected chi connectivity index (χ1v) is 6.48. The number of benzene rings is 1. The van der Waals surface area contributed by atoms with Crippen molar-refractivity contribution in [2.24, 2.45) is 0 Å². The van der Waals surface area contributed by atoms with Crippen LogP contribution in [0.5, 0.6) is 0 Å². The molecule has 0 amide bonds. The van der Waals surface area contributed by atoms with E-state index in [1.807, 2.05) is 0 Å². The van der Waals surface area contributed by atoms with Gasteiger partial charge in [-0.2, -0.15) is 0 Å². The Morgan fingerprint density at radius 1 is 1.31 bits per heavy atom. The van der Waals surface area contributed by atoms with E-state index in [0.717, 1.165) is 0 Å². The monoisotopic (exact) mass is 234 g/mol. The first kappa shape index (κ1) is 9.05. The van der Waals surface area contributed by atoms with Crippen molar-refractivity contribution in [3.63, 3.8) is 0 Å². The number of rotatable bonds is 0. The molecule has 0 aliphatic carbocycles. The fraction of sp³-hybridized carbons (Fsp3) is 0. The van der Waals surface area contributed by atoms with Crippen molar-refractivity contribution in [2.45, 2.75) is 4.90 Å². The Kier molecular flexibility index (Phi) is 1.90. The van der Waals surface area contributed by atoms with Crippen LogP contribution in [0.4, 0.5) is 0 Å². The summed E-state index contributed by atoms with van der Waals surface area (Å²) in [5, 5.41) is -0.0951. The van der Waals surface area contributed by atoms with Crippen molar-refractivity contribution in [1.29, 1.82) is 0 Å². The number of carbonyl (C=O) groups excluding carboxylic acids is 1. The molecule has 0 aromatic heterocycles. The number of hydrogen-bond acceptors (Lipinski definition) is 4. The van der Waals surface area contributed by atoms with Gasteiger partial charge in [-0.3, -0.25) is 4.79 Å². The van der Waals surface area contributed by atoms with Crippen LogP contribution in [-0.4, -0.2) is 13.5 Å². The normalized spacial score (nSPS) is 18.7. The largest absolute Gasteiger partial charge is 0.280 e. The van der Waals surface area contributed by atoms with Gasteiger partial charge in [0.05, 0.1) is 21.3 Å². The van der Waals surface area contributed by atoms with Crippen LogP contribution >= 0.6 is 22.4 Å². The summed E-state index contributed by atoms with van der Waals surface area (Å²) in [5.74, 6) is 0. The van der Waals surface area contributed by atoms with Crippen LogP contribution in [0.15, 0.2) is 23.1 Å². The third-order valence-electron chi connectivity index (χ3n) is 1.62. The molecule has 0 radical (unpaired) electrons. The summed E-state index contributed by atoms with van der Waals surface area (Å²) in [5.41, 5.74) is 0.178. The highest BCUT2D eigenvalue weighted by Crippen LogP contribution is 2.38. The highest BCUT2D eigenvalue weighted by atomic mass is 35.5. The molecule has 0 saturated carbocycles. The average molecular weight is 235 g/mol. The Bertz CT molecular complexity index is 492. The standard InChI is InChI=1S/C7H3ClO3S2/c8-4-1-2-6-5(3-4)7(9)12-13(6,10)11/h1-3H. The average Bonchev–Trinajstić information content (AvgIpc) is 2.22. The van der Waals surface area contributed by atoms with E-state index in [9.17, 15) is 13.2 Å². The van der Waals surface area contributed by atoms with Gasteiger partial charge >= 0.3 is 0 Å². The second-order valence-electron chi connectivity index (χ2n) is 2.47. The van der Waals surface area contributed by atoms with Crippen LogP contribution in [-0.2, 0) is 8.87 Å². The quantitative estimate of drug-likeness (QED) is 0.644. The first-order chi connectivity index (χ1) is 6.00. The SMILES string of the molecule is O=C1SS(=O)(=O)c2ccc(Cl)cc21. The third-order valence-corrected chi connectivity index (χ3v) is 4.99. The van der Waals surface area contributed by atoms with Gasteiger partial charge in [0.1, 0.15) is 0 Å². The van der Waals surface area contributed by atoms with Gasteiger partial charge in [-0.1, -0.05) is 11.6 Å². The van der Waals surface area contributed by atoms with E-state index in [1.165, 1.54) is 18.2 Å². The lowest BCUT2D eigenvalue weighted by atomic mass is 10.2. The zero-order chi connectivity index (χ0) is 9.64. The molecule has 2 rings (SSSR count). The van der Waals surface area contributed by atoms with E-state index in [4.69, 9.17) is 11.6 Å². The molecule has 13 heavy (non-hydrogen) atoms. The van der Waals surface area contributed by atoms with Crippen LogP contribution in [0.3, 0.4) is 0 Å². The predicted molar refractivity (Wildman–Crippen MR) is 50.6 cm³/mol. The number of carbonyl (C=O) groups is 1. The summed E-state index contributed by atoms with van der Waals surface area (Å²) < 4.78 is 22.5. The molecule has 68 valence electrons. The minimum Gasteiger partial charge on any atom is -0.280 e. The Balaban J connectivity index is 2.80. The minimum atomic E-state index is -3.46. The molecule has 0 saturated heterocycles. The molecule has 0 N–H and O–H groups in total. The molecule has 1 aromatic rings. The summed E-state index contributed by atoms with van der Waals surface area (Å²) >= 11 is 5.63. The van der Waals surface area contributed by atoms with Crippen LogP contribution in [0, 0.1) is 0 Å². The second-order valence-corrected chi connectivity index (χ2v) is 6.60. The van der Waals surface area contributed by atoms with Crippen LogP contribution < -0.4 is 0 Å². The predicted octanol–water partition coefficient (Wildman–Crippen LogP) is 1.92. The third kappa shape index (κ3) is 1.37. The van der Waals surface area contributed by atoms with Gasteiger partial charge in [-0.05, 0) is 18.2 Å². The molecule has 3 nitrogen and oxygen atoms in total. The van der Waals surface area contributed by atoms with Gasteiger partial charge in [0.15, 0.2) is 0 Å². The van der Waals surface area contributed by atoms with Gasteiger partial charge in [0, 0.05) is 5.02 Å². The topological polar surface area (TPSA) is 51.2 Å². The summed E-state index contributed by atoms with van der Waals surface area (Å²) in [4.78, 5) is 11.2. The van der Waals surface area contributed by atoms with Crippen molar-refractivity contribution in [2.75, 3.05) is 0 Å². The number of fused-ring (bicyclic) bond motifs is 1. The van der Waals surface area contributed by atoms with Crippen molar-refractivity contribution in [3.05, 3.63) is 28.8 Å². The Morgan fingerprint density at radius 2 is 2.00 bits per heavy atom. The molecule has 6 heteroatoms. The summed E-state index contributed by atoms with van der Waals surface area (Å²) in [7, 11) is -3.13. The van der Waals surface area contributed by atoms with Crippen molar-refractivity contribution >= 4 is 36.4 Å². The fourth-order valence-electron chi connectivity index (χ4n) is 1.07. The lowest BCUT2D eigenvalue weighted by Gasteiger charge is -1.94. The van der Waals surface area contributed by atoms with Crippen LogP contribution in [0.25, 0.3) is 0 Å². The minimum absolute atomic E-state index is 0.0619. The maximum Gasteiger partial charge on any atom is 0.238 e. The van der Waals surface area contributed by atoms with E-state index < -0.39 is 14.0 Å². The fourth-order valence-corrected chi connectivity index (χ4v) is 4.08. The molecular formula is C7H3ClO3S2. The van der Waals surface area contributed by atoms with Crippen molar-refractivity contribution in [3.8, 4) is 0 Å². The molecule has 0 fully saturated rings. The van der Waals surface area contributed by atoms with E-state index in [-0.39, 0.29) is 10.5 Å². The Morgan fingerprint density at radius 3 is 2.69 bits per heavy atom. The molecule has 0 spiro atoms. The highest BCUT2D eigenvalue weighted by Gasteiger charge is 2.34. The van der Waals surface area contributed by atoms with Crippen LogP contribution in [0.2, 0.25) is 5.02 Å². The maximum atomic E-state index is 11.3.